The van der Waals surface area contributed by atoms with Crippen molar-refractivity contribution in [2.45, 2.75) is 131 Å². The van der Waals surface area contributed by atoms with Crippen molar-refractivity contribution in [2.24, 2.45) is 27.2 Å². The summed E-state index contributed by atoms with van der Waals surface area (Å²) in [5.41, 5.74) is -1.32. The number of carboxylic acids is 1. The van der Waals surface area contributed by atoms with Crippen LogP contribution in [0.3, 0.4) is 0 Å². The van der Waals surface area contributed by atoms with Gasteiger partial charge in [-0.25, -0.2) is 4.98 Å². The van der Waals surface area contributed by atoms with Crippen LogP contribution < -0.4 is 26.6 Å². The van der Waals surface area contributed by atoms with Crippen LogP contribution in [0.2, 0.25) is 0 Å². The van der Waals surface area contributed by atoms with Gasteiger partial charge in [0.1, 0.15) is 41.6 Å². The van der Waals surface area contributed by atoms with E-state index in [1.807, 2.05) is 99.6 Å². The van der Waals surface area contributed by atoms with E-state index in [0.717, 1.165) is 5.56 Å². The summed E-state index contributed by atoms with van der Waals surface area (Å²) in [7, 11) is 0. The highest BCUT2D eigenvalue weighted by molar-refractivity contribution is 7.09. The van der Waals surface area contributed by atoms with Gasteiger partial charge in [-0.15, -0.1) is 11.3 Å². The van der Waals surface area contributed by atoms with Crippen molar-refractivity contribution in [2.75, 3.05) is 13.1 Å². The van der Waals surface area contributed by atoms with E-state index in [-0.39, 0.29) is 24.2 Å². The number of carbonyl (C=O) groups excluding carboxylic acids is 5. The third kappa shape index (κ3) is 11.2. The summed E-state index contributed by atoms with van der Waals surface area (Å²) >= 11 is 1.21. The summed E-state index contributed by atoms with van der Waals surface area (Å²) < 4.78 is 0. The zero-order valence-electron chi connectivity index (χ0n) is 35.6. The number of thiazole rings is 1. The molecule has 1 fully saturated rings. The number of amidine groups is 1. The van der Waals surface area contributed by atoms with Crippen LogP contribution in [-0.4, -0.2) is 99.6 Å². The third-order valence-corrected chi connectivity index (χ3v) is 11.8. The minimum Gasteiger partial charge on any atom is -0.481 e. The molecule has 1 aromatic heterocycles. The first-order chi connectivity index (χ1) is 26.9. The predicted molar refractivity (Wildman–Crippen MR) is 223 cm³/mol. The lowest BCUT2D eigenvalue weighted by Gasteiger charge is -2.40. The van der Waals surface area contributed by atoms with Gasteiger partial charge in [0, 0.05) is 24.0 Å². The first-order valence-electron chi connectivity index (χ1n) is 19.9. The molecule has 1 saturated heterocycles. The zero-order chi connectivity index (χ0) is 43.3. The SMILES string of the molecule is CC(C)C1NC(=O)C2N(CCC2(C)C)C(=O)CN=C(NC(C(=O)NC(C(=O)NC(CC(=O)O)c2nccs2)C(C)c2ccccc2)C(C)(C)C)C(C(C)(C)C)NC1=O. The average molecular weight is 823 g/mol. The first kappa shape index (κ1) is 45.8. The molecular formula is C42H62N8O7S. The number of fused-ring (bicyclic) bond motifs is 1. The fraction of sp³-hybridized carbons (Fsp3) is 0.619. The molecule has 1 aromatic carbocycles. The topological polar surface area (TPSA) is 211 Å². The lowest BCUT2D eigenvalue weighted by molar-refractivity contribution is -0.141. The van der Waals surface area contributed by atoms with Gasteiger partial charge in [0.15, 0.2) is 0 Å². The lowest BCUT2D eigenvalue weighted by atomic mass is 9.82. The summed E-state index contributed by atoms with van der Waals surface area (Å²) in [6, 6.07) is 3.42. The number of carbonyl (C=O) groups is 6. The molecule has 16 heteroatoms. The molecule has 0 radical (unpaired) electrons. The molecule has 0 aliphatic carbocycles. The number of hydrogen-bond donors (Lipinski definition) is 6. The van der Waals surface area contributed by atoms with Crippen molar-refractivity contribution in [1.82, 2.24) is 36.5 Å². The number of aliphatic imine (C=N–C) groups is 1. The molecule has 15 nitrogen and oxygen atoms in total. The molecule has 0 bridgehead atoms. The van der Waals surface area contributed by atoms with Crippen molar-refractivity contribution in [3.8, 4) is 0 Å². The summed E-state index contributed by atoms with van der Waals surface area (Å²) in [6.45, 7) is 20.6. The molecule has 6 N–H and O–H groups in total. The van der Waals surface area contributed by atoms with E-state index in [0.29, 0.717) is 18.0 Å². The van der Waals surface area contributed by atoms with E-state index in [4.69, 9.17) is 4.99 Å². The number of nitrogens with zero attached hydrogens (tertiary/aromatic N) is 3. The molecule has 2 aromatic rings. The Morgan fingerprint density at radius 1 is 0.966 bits per heavy atom. The van der Waals surface area contributed by atoms with Gasteiger partial charge in [0.05, 0.1) is 18.5 Å². The molecule has 58 heavy (non-hydrogen) atoms. The Labute approximate surface area is 346 Å². The predicted octanol–water partition coefficient (Wildman–Crippen LogP) is 3.78. The maximum atomic E-state index is 14.7. The summed E-state index contributed by atoms with van der Waals surface area (Å²) in [5, 5.41) is 27.0. The van der Waals surface area contributed by atoms with Crippen LogP contribution in [-0.2, 0) is 28.8 Å². The molecule has 318 valence electrons. The van der Waals surface area contributed by atoms with Gasteiger partial charge in [-0.05, 0) is 34.1 Å². The Hall–Kier alpha value is -4.86. The number of aromatic nitrogens is 1. The molecule has 7 atom stereocenters. The van der Waals surface area contributed by atoms with E-state index in [9.17, 15) is 33.9 Å². The summed E-state index contributed by atoms with van der Waals surface area (Å²) in [6.07, 6.45) is 1.70. The molecule has 2 aliphatic rings. The second kappa shape index (κ2) is 18.4. The van der Waals surface area contributed by atoms with Gasteiger partial charge in [0.2, 0.25) is 29.5 Å². The van der Waals surface area contributed by atoms with E-state index in [2.05, 4.69) is 31.6 Å². The second-order valence-electron chi connectivity index (χ2n) is 18.6. The van der Waals surface area contributed by atoms with Crippen LogP contribution in [0.4, 0.5) is 0 Å². The Kier molecular flexibility index (Phi) is 14.5. The second-order valence-corrected chi connectivity index (χ2v) is 19.6. The van der Waals surface area contributed by atoms with E-state index in [1.54, 1.807) is 12.3 Å². The molecule has 7 unspecified atom stereocenters. The third-order valence-electron chi connectivity index (χ3n) is 10.9. The molecule has 0 spiro atoms. The largest absolute Gasteiger partial charge is 0.481 e. The van der Waals surface area contributed by atoms with Crippen LogP contribution in [0.5, 0.6) is 0 Å². The van der Waals surface area contributed by atoms with Gasteiger partial charge in [-0.2, -0.15) is 0 Å². The highest BCUT2D eigenvalue weighted by Gasteiger charge is 2.49. The number of benzene rings is 1. The Morgan fingerprint density at radius 2 is 1.62 bits per heavy atom. The minimum atomic E-state index is -1.17. The maximum Gasteiger partial charge on any atom is 0.305 e. The summed E-state index contributed by atoms with van der Waals surface area (Å²) in [4.78, 5) is 93.4. The van der Waals surface area contributed by atoms with Gasteiger partial charge in [-0.3, -0.25) is 33.8 Å². The van der Waals surface area contributed by atoms with Crippen molar-refractivity contribution in [3.63, 3.8) is 0 Å². The van der Waals surface area contributed by atoms with Crippen molar-refractivity contribution in [3.05, 3.63) is 52.5 Å². The quantitative estimate of drug-likeness (QED) is 0.195. The maximum absolute atomic E-state index is 14.7. The molecule has 0 saturated carbocycles. The van der Waals surface area contributed by atoms with Crippen molar-refractivity contribution < 1.29 is 33.9 Å². The number of carboxylic acid groups (broad SMARTS) is 1. The highest BCUT2D eigenvalue weighted by Crippen LogP contribution is 2.37. The number of hydrogen-bond acceptors (Lipinski definition) is 10. The van der Waals surface area contributed by atoms with Crippen LogP contribution >= 0.6 is 11.3 Å². The normalized spacial score (nSPS) is 22.5. The van der Waals surface area contributed by atoms with E-state index >= 15 is 0 Å². The zero-order valence-corrected chi connectivity index (χ0v) is 36.5. The average Bonchev–Trinajstić information content (AvgIpc) is 3.77. The Bertz CT molecular complexity index is 1830. The molecule has 3 heterocycles. The summed E-state index contributed by atoms with van der Waals surface area (Å²) in [5.74, 6) is -4.17. The minimum absolute atomic E-state index is 0.191. The standard InChI is InChI=1S/C42H62N8O7S/c1-23(2)29-35(54)49-31(40(4,5)6)34(44-22-27(51)50-19-17-42(10,11)33(50)38(57)46-29)48-32(41(7,8)9)37(56)47-30(24(3)25-15-13-12-14-16-25)36(55)45-26(21-28(52)53)39-43-18-20-58-39/h12-16,18,20,23-24,26,29-33H,17,19,21-22H2,1-11H3,(H,44,48)(H,45,55)(H,46,57)(H,47,56)(H,49,54)(H,52,53). The van der Waals surface area contributed by atoms with Crippen molar-refractivity contribution >= 4 is 52.7 Å². The lowest BCUT2D eigenvalue weighted by Crippen LogP contribution is -2.65. The van der Waals surface area contributed by atoms with Crippen LogP contribution in [0.15, 0.2) is 46.9 Å². The van der Waals surface area contributed by atoms with Gasteiger partial charge < -0.3 is 36.6 Å². The number of amides is 5. The first-order valence-corrected chi connectivity index (χ1v) is 20.8. The molecule has 2 aliphatic heterocycles. The van der Waals surface area contributed by atoms with Gasteiger partial charge in [0.25, 0.3) is 0 Å². The fourth-order valence-corrected chi connectivity index (χ4v) is 8.18. The number of aliphatic carboxylic acids is 1. The van der Waals surface area contributed by atoms with Crippen LogP contribution in [0.25, 0.3) is 0 Å². The number of nitrogens with one attached hydrogen (secondary N) is 5. The van der Waals surface area contributed by atoms with Gasteiger partial charge >= 0.3 is 5.97 Å². The number of rotatable bonds is 11. The smallest absolute Gasteiger partial charge is 0.305 e. The van der Waals surface area contributed by atoms with Crippen LogP contribution in [0, 0.1) is 22.2 Å². The fourth-order valence-electron chi connectivity index (χ4n) is 7.49. The Morgan fingerprint density at radius 3 is 2.17 bits per heavy atom. The molecule has 4 rings (SSSR count). The molecule has 5 amide bonds. The molecular weight excluding hydrogens is 761 g/mol. The Balaban J connectivity index is 1.77. The van der Waals surface area contributed by atoms with E-state index in [1.165, 1.54) is 22.4 Å². The monoisotopic (exact) mass is 822 g/mol. The van der Waals surface area contributed by atoms with Gasteiger partial charge in [-0.1, -0.05) is 106 Å². The van der Waals surface area contributed by atoms with Crippen LogP contribution in [0.1, 0.15) is 112 Å². The van der Waals surface area contributed by atoms with Crippen molar-refractivity contribution in [1.29, 1.82) is 0 Å². The van der Waals surface area contributed by atoms with E-state index < -0.39 is 94.4 Å². The highest BCUT2D eigenvalue weighted by atomic mass is 32.1.